The molecule has 2 saturated heterocycles. The number of carbonyl (C=O) groups excluding carboxylic acids is 4. The van der Waals surface area contributed by atoms with Gasteiger partial charge in [-0.15, -0.1) is 0 Å². The molecular weight excluding hydrogens is 272 g/mol. The Morgan fingerprint density at radius 1 is 0.810 bits per heavy atom. The van der Waals surface area contributed by atoms with Crippen LogP contribution < -0.4 is 0 Å². The lowest BCUT2D eigenvalue weighted by atomic mass is 9.27. The lowest BCUT2D eigenvalue weighted by Gasteiger charge is -2.67. The van der Waals surface area contributed by atoms with Gasteiger partial charge in [0, 0.05) is 14.9 Å². The monoisotopic (exact) mass is 293 g/mol. The Morgan fingerprint density at radius 2 is 1.14 bits per heavy atom. The molecule has 21 heavy (non-hydrogen) atoms. The molecule has 114 valence electrons. The number of hydrogen-bond acceptors (Lipinski definition) is 4. The highest BCUT2D eigenvalue weighted by Crippen LogP contribution is 2.83. The van der Waals surface area contributed by atoms with Crippen LogP contribution in [0.25, 0.3) is 0 Å². The average Bonchev–Trinajstić information content (AvgIpc) is 2.73. The van der Waals surface area contributed by atoms with E-state index >= 15 is 0 Å². The predicted octanol–water partition coefficient (Wildman–Crippen LogP) is 0.412. The van der Waals surface area contributed by atoms with Crippen molar-refractivity contribution in [3.63, 3.8) is 0 Å². The van der Waals surface area contributed by atoms with Crippen molar-refractivity contribution < 1.29 is 20.5 Å². The van der Waals surface area contributed by atoms with Crippen LogP contribution in [0.5, 0.6) is 0 Å². The standard InChI is InChI=1S/C15H20N2O4/c1-7-17-10(20)14(4)12(2)8(18)16(6)9(19)13(12,3)15(14,5)11(17)21/h7H2,1-6H3/i6D. The fourth-order valence-electron chi connectivity index (χ4n) is 5.20. The van der Waals surface area contributed by atoms with Gasteiger partial charge in [0.1, 0.15) is 0 Å². The molecule has 4 unspecified atom stereocenters. The maximum atomic E-state index is 12.8. The number of rotatable bonds is 1. The lowest BCUT2D eigenvalue weighted by molar-refractivity contribution is -0.243. The summed E-state index contributed by atoms with van der Waals surface area (Å²) in [5.74, 6) is -1.82. The van der Waals surface area contributed by atoms with Crippen molar-refractivity contribution in [2.24, 2.45) is 21.7 Å². The Kier molecular flexibility index (Phi) is 1.98. The third kappa shape index (κ3) is 0.833. The highest BCUT2D eigenvalue weighted by atomic mass is 16.2. The molecule has 3 aliphatic rings. The fraction of sp³-hybridized carbons (Fsp3) is 0.733. The normalized spacial score (nSPS) is 49.3. The summed E-state index contributed by atoms with van der Waals surface area (Å²) < 4.78 is 7.46. The van der Waals surface area contributed by atoms with Gasteiger partial charge in [-0.05, 0) is 34.6 Å². The second kappa shape index (κ2) is 3.20. The highest BCUT2D eigenvalue weighted by molar-refractivity contribution is 6.24. The van der Waals surface area contributed by atoms with Crippen LogP contribution in [-0.2, 0) is 19.2 Å². The van der Waals surface area contributed by atoms with Crippen molar-refractivity contribution in [1.82, 2.24) is 9.80 Å². The maximum absolute atomic E-state index is 12.8. The minimum Gasteiger partial charge on any atom is -0.285 e. The van der Waals surface area contributed by atoms with Gasteiger partial charge in [0.15, 0.2) is 0 Å². The number of imide groups is 2. The summed E-state index contributed by atoms with van der Waals surface area (Å²) in [7, 11) is -0.491. The van der Waals surface area contributed by atoms with Gasteiger partial charge in [-0.1, -0.05) is 0 Å². The van der Waals surface area contributed by atoms with Gasteiger partial charge in [0.25, 0.3) is 0 Å². The molecule has 2 aliphatic heterocycles. The van der Waals surface area contributed by atoms with Crippen LogP contribution in [0.1, 0.15) is 36.0 Å². The topological polar surface area (TPSA) is 74.8 Å². The largest absolute Gasteiger partial charge is 0.285 e. The molecule has 0 radical (unpaired) electrons. The average molecular weight is 293 g/mol. The second-order valence-electron chi connectivity index (χ2n) is 6.89. The van der Waals surface area contributed by atoms with Crippen molar-refractivity contribution in [3.05, 3.63) is 0 Å². The zero-order valence-electron chi connectivity index (χ0n) is 13.9. The van der Waals surface area contributed by atoms with Gasteiger partial charge in [0.2, 0.25) is 23.6 Å². The third-order valence-electron chi connectivity index (χ3n) is 7.01. The molecule has 3 rings (SSSR count). The third-order valence-corrected chi connectivity index (χ3v) is 7.01. The maximum Gasteiger partial charge on any atom is 0.237 e. The van der Waals surface area contributed by atoms with E-state index in [1.165, 1.54) is 0 Å². The Hall–Kier alpha value is -1.72. The van der Waals surface area contributed by atoms with Gasteiger partial charge >= 0.3 is 0 Å². The van der Waals surface area contributed by atoms with E-state index in [9.17, 15) is 19.2 Å². The van der Waals surface area contributed by atoms with Gasteiger partial charge in [-0.3, -0.25) is 29.0 Å². The molecule has 1 saturated carbocycles. The molecule has 4 amide bonds. The zero-order chi connectivity index (χ0) is 16.9. The van der Waals surface area contributed by atoms with Gasteiger partial charge in [-0.25, -0.2) is 0 Å². The van der Waals surface area contributed by atoms with E-state index in [4.69, 9.17) is 1.37 Å². The molecule has 0 aromatic heterocycles. The van der Waals surface area contributed by atoms with Crippen LogP contribution in [0.3, 0.4) is 0 Å². The minimum atomic E-state index is -1.29. The summed E-state index contributed by atoms with van der Waals surface area (Å²) in [4.78, 5) is 53.3. The molecule has 6 nitrogen and oxygen atoms in total. The van der Waals surface area contributed by atoms with Crippen molar-refractivity contribution in [2.45, 2.75) is 34.6 Å². The van der Waals surface area contributed by atoms with E-state index < -0.39 is 52.3 Å². The lowest BCUT2D eigenvalue weighted by Crippen LogP contribution is -2.77. The highest BCUT2D eigenvalue weighted by Gasteiger charge is 2.96. The van der Waals surface area contributed by atoms with Gasteiger partial charge in [0.05, 0.1) is 21.7 Å². The minimum absolute atomic E-state index is 0.222. The number of likely N-dealkylation sites (tertiary alicyclic amines) is 2. The first-order valence-electron chi connectivity index (χ1n) is 7.76. The number of carbonyl (C=O) groups is 4. The molecule has 2 heterocycles. The van der Waals surface area contributed by atoms with Gasteiger partial charge < -0.3 is 0 Å². The van der Waals surface area contributed by atoms with Crippen LogP contribution >= 0.6 is 0 Å². The Morgan fingerprint density at radius 3 is 1.43 bits per heavy atom. The molecule has 0 bridgehead atoms. The summed E-state index contributed by atoms with van der Waals surface area (Å²) in [5, 5.41) is 0. The van der Waals surface area contributed by atoms with Crippen LogP contribution in [0, 0.1) is 21.7 Å². The first kappa shape index (κ1) is 13.0. The van der Waals surface area contributed by atoms with Crippen LogP contribution in [-0.4, -0.2) is 47.0 Å². The molecule has 0 spiro atoms. The molecule has 0 N–H and O–H groups in total. The Labute approximate surface area is 124 Å². The molecular formula is C15H20N2O4. The number of hydrogen-bond donors (Lipinski definition) is 0. The molecule has 6 heteroatoms. The zero-order valence-corrected chi connectivity index (χ0v) is 12.9. The van der Waals surface area contributed by atoms with Crippen LogP contribution in [0.2, 0.25) is 0 Å². The first-order chi connectivity index (χ1) is 10.0. The Bertz CT molecular complexity index is 540. The van der Waals surface area contributed by atoms with E-state index in [2.05, 4.69) is 0 Å². The van der Waals surface area contributed by atoms with E-state index in [1.54, 1.807) is 34.6 Å². The summed E-state index contributed by atoms with van der Waals surface area (Å²) in [6.07, 6.45) is 0. The smallest absolute Gasteiger partial charge is 0.237 e. The summed E-state index contributed by atoms with van der Waals surface area (Å²) >= 11 is 0. The quantitative estimate of drug-likeness (QED) is 0.656. The SMILES string of the molecule is [2H]CN1C(=O)C2(C)C(C)(C1=O)C1(C)C(=O)N(CC)C(=O)C21C. The van der Waals surface area contributed by atoms with Crippen molar-refractivity contribution in [3.8, 4) is 0 Å². The van der Waals surface area contributed by atoms with Crippen molar-refractivity contribution in [1.29, 1.82) is 0 Å². The van der Waals surface area contributed by atoms with Crippen molar-refractivity contribution >= 4 is 23.6 Å². The second-order valence-corrected chi connectivity index (χ2v) is 6.89. The van der Waals surface area contributed by atoms with Crippen molar-refractivity contribution in [2.75, 3.05) is 13.6 Å². The molecule has 4 atom stereocenters. The number of nitrogens with zero attached hydrogens (tertiary/aromatic N) is 2. The molecule has 1 aliphatic carbocycles. The number of amides is 4. The van der Waals surface area contributed by atoms with E-state index in [1.807, 2.05) is 0 Å². The fourth-order valence-corrected chi connectivity index (χ4v) is 5.20. The first-order valence-corrected chi connectivity index (χ1v) is 7.05. The Balaban J connectivity index is 2.33. The summed E-state index contributed by atoms with van der Waals surface area (Å²) in [5.41, 5.74) is -5.08. The molecule has 0 aromatic rings. The van der Waals surface area contributed by atoms with Crippen LogP contribution in [0.15, 0.2) is 0 Å². The number of fused-ring (bicyclic) bond motifs is 4. The predicted molar refractivity (Wildman–Crippen MR) is 72.6 cm³/mol. The van der Waals surface area contributed by atoms with Gasteiger partial charge in [-0.2, -0.15) is 0 Å². The van der Waals surface area contributed by atoms with E-state index in [0.717, 1.165) is 9.80 Å². The molecule has 0 aromatic carbocycles. The van der Waals surface area contributed by atoms with Crippen LogP contribution in [0.4, 0.5) is 0 Å². The summed E-state index contributed by atoms with van der Waals surface area (Å²) in [6.45, 7) is 8.34. The van der Waals surface area contributed by atoms with E-state index in [0.29, 0.717) is 0 Å². The van der Waals surface area contributed by atoms with E-state index in [-0.39, 0.29) is 6.54 Å². The molecule has 3 fully saturated rings. The summed E-state index contributed by atoms with van der Waals surface area (Å²) in [6, 6.07) is 0.